The third kappa shape index (κ3) is 4.84. The van der Waals surface area contributed by atoms with E-state index in [0.717, 1.165) is 4.90 Å². The number of carbonyl (C=O) groups is 4. The molecule has 2 N–H and O–H groups in total. The molecule has 1 aromatic rings. The summed E-state index contributed by atoms with van der Waals surface area (Å²) in [6, 6.07) is 7.34. The molecule has 1 unspecified atom stereocenters. The van der Waals surface area contributed by atoms with E-state index in [9.17, 15) is 24.3 Å². The summed E-state index contributed by atoms with van der Waals surface area (Å²) in [4.78, 5) is 50.9. The van der Waals surface area contributed by atoms with Crippen LogP contribution < -0.4 is 10.1 Å². The van der Waals surface area contributed by atoms with E-state index in [1.54, 1.807) is 58.0 Å². The number of benzene rings is 1. The first-order valence-electron chi connectivity index (χ1n) is 9.62. The number of para-hydroxylation sites is 1. The van der Waals surface area contributed by atoms with E-state index in [2.05, 4.69) is 5.32 Å². The minimum Gasteiger partial charge on any atom is -0.477 e. The van der Waals surface area contributed by atoms with Crippen molar-refractivity contribution >= 4 is 35.5 Å². The van der Waals surface area contributed by atoms with Gasteiger partial charge in [-0.25, -0.2) is 9.59 Å². The number of carboxylic acid groups (broad SMARTS) is 1. The first kappa shape index (κ1) is 22.7. The predicted molar refractivity (Wildman–Crippen MR) is 112 cm³/mol. The average Bonchev–Trinajstić information content (AvgIpc) is 2.69. The number of nitrogens with one attached hydrogen (secondary N) is 1. The third-order valence-corrected chi connectivity index (χ3v) is 5.94. The zero-order chi connectivity index (χ0) is 22.9. The molecule has 3 rings (SSSR count). The van der Waals surface area contributed by atoms with Crippen LogP contribution in [0.3, 0.4) is 0 Å². The molecule has 1 saturated heterocycles. The van der Waals surface area contributed by atoms with Crippen LogP contribution in [0.2, 0.25) is 0 Å². The van der Waals surface area contributed by atoms with E-state index >= 15 is 0 Å². The van der Waals surface area contributed by atoms with Crippen LogP contribution in [0.5, 0.6) is 5.75 Å². The van der Waals surface area contributed by atoms with Crippen molar-refractivity contribution in [3.05, 3.63) is 41.6 Å². The molecule has 9 nitrogen and oxygen atoms in total. The molecule has 2 aliphatic rings. The van der Waals surface area contributed by atoms with Gasteiger partial charge in [0.2, 0.25) is 0 Å². The summed E-state index contributed by atoms with van der Waals surface area (Å²) < 4.78 is 10.9. The minimum absolute atomic E-state index is 0.0662. The number of hydrogen-bond donors (Lipinski definition) is 2. The van der Waals surface area contributed by atoms with E-state index in [1.165, 1.54) is 11.8 Å². The molecule has 0 aromatic heterocycles. The highest BCUT2D eigenvalue weighted by molar-refractivity contribution is 8.00. The van der Waals surface area contributed by atoms with Crippen LogP contribution in [-0.4, -0.2) is 62.6 Å². The lowest BCUT2D eigenvalue weighted by Crippen LogP contribution is -2.71. The van der Waals surface area contributed by atoms with E-state index in [0.29, 0.717) is 11.3 Å². The van der Waals surface area contributed by atoms with Gasteiger partial charge in [-0.2, -0.15) is 0 Å². The maximum atomic E-state index is 12.9. The second-order valence-electron chi connectivity index (χ2n) is 8.17. The number of thioether (sulfide) groups is 1. The number of rotatable bonds is 6. The molecule has 0 radical (unpaired) electrons. The molecule has 10 heteroatoms. The summed E-state index contributed by atoms with van der Waals surface area (Å²) in [5.41, 5.74) is -0.342. The Hall–Kier alpha value is -3.01. The van der Waals surface area contributed by atoms with Crippen molar-refractivity contribution in [1.82, 2.24) is 10.2 Å². The first-order valence-corrected chi connectivity index (χ1v) is 10.7. The molecule has 1 aromatic carbocycles. The fourth-order valence-corrected chi connectivity index (χ4v) is 4.50. The van der Waals surface area contributed by atoms with Gasteiger partial charge in [0, 0.05) is 5.75 Å². The summed E-state index contributed by atoms with van der Waals surface area (Å²) >= 11 is 1.34. The smallest absolute Gasteiger partial charge is 0.357 e. The second kappa shape index (κ2) is 8.62. The molecular formula is C21H24N2O7S. The first-order chi connectivity index (χ1) is 14.5. The Bertz CT molecular complexity index is 939. The lowest BCUT2D eigenvalue weighted by atomic mass is 10.0. The van der Waals surface area contributed by atoms with E-state index in [4.69, 9.17) is 9.47 Å². The standard InChI is InChI=1S/C21H24N2O7S/c1-11-10-31-18-13(17(25)23(18)14(11)19(26)27)22-16(24)15(20(28)30-21(2,3)4)29-12-8-6-5-7-9-12/h5-9,13,15,18H,10H2,1-4H3,(H,22,24)(H,26,27)/t13-,15?,18+/m1/s1. The van der Waals surface area contributed by atoms with E-state index in [-0.39, 0.29) is 11.4 Å². The lowest BCUT2D eigenvalue weighted by molar-refractivity contribution is -0.167. The van der Waals surface area contributed by atoms with Crippen molar-refractivity contribution in [3.63, 3.8) is 0 Å². The number of β-lactam (4-membered cyclic amide) rings is 1. The third-order valence-electron chi connectivity index (χ3n) is 4.52. The van der Waals surface area contributed by atoms with Gasteiger partial charge in [0.1, 0.15) is 28.5 Å². The van der Waals surface area contributed by atoms with Gasteiger partial charge in [0.15, 0.2) is 0 Å². The predicted octanol–water partition coefficient (Wildman–Crippen LogP) is 1.53. The normalized spacial score (nSPS) is 21.5. The number of carbonyl (C=O) groups excluding carboxylic acids is 3. The van der Waals surface area contributed by atoms with Gasteiger partial charge in [0.25, 0.3) is 17.9 Å². The van der Waals surface area contributed by atoms with Gasteiger partial charge < -0.3 is 19.9 Å². The van der Waals surface area contributed by atoms with Gasteiger partial charge in [0.05, 0.1) is 0 Å². The number of esters is 1. The van der Waals surface area contributed by atoms with Crippen molar-refractivity contribution in [2.24, 2.45) is 0 Å². The molecule has 0 aliphatic carbocycles. The van der Waals surface area contributed by atoms with Crippen molar-refractivity contribution in [3.8, 4) is 5.75 Å². The summed E-state index contributed by atoms with van der Waals surface area (Å²) in [5, 5.41) is 11.4. The van der Waals surface area contributed by atoms with Gasteiger partial charge in [-0.3, -0.25) is 14.5 Å². The lowest BCUT2D eigenvalue weighted by Gasteiger charge is -2.49. The Balaban J connectivity index is 1.77. The van der Waals surface area contributed by atoms with Crippen molar-refractivity contribution in [2.75, 3.05) is 5.75 Å². The fourth-order valence-electron chi connectivity index (χ4n) is 3.20. The van der Waals surface area contributed by atoms with Crippen LogP contribution >= 0.6 is 11.8 Å². The van der Waals surface area contributed by atoms with Gasteiger partial charge in [-0.15, -0.1) is 11.8 Å². The van der Waals surface area contributed by atoms with Gasteiger partial charge in [-0.1, -0.05) is 18.2 Å². The molecule has 31 heavy (non-hydrogen) atoms. The molecular weight excluding hydrogens is 424 g/mol. The number of carboxylic acids is 1. The number of fused-ring (bicyclic) bond motifs is 1. The Morgan fingerprint density at radius 3 is 2.45 bits per heavy atom. The van der Waals surface area contributed by atoms with Gasteiger partial charge in [-0.05, 0) is 45.4 Å². The van der Waals surface area contributed by atoms with Crippen LogP contribution in [0.1, 0.15) is 27.7 Å². The van der Waals surface area contributed by atoms with Crippen molar-refractivity contribution < 1.29 is 33.8 Å². The van der Waals surface area contributed by atoms with E-state index in [1.807, 2.05) is 0 Å². The molecule has 2 aliphatic heterocycles. The molecule has 0 spiro atoms. The molecule has 2 amide bonds. The molecule has 1 fully saturated rings. The minimum atomic E-state index is -1.63. The zero-order valence-electron chi connectivity index (χ0n) is 17.6. The summed E-state index contributed by atoms with van der Waals surface area (Å²) in [7, 11) is 0. The quantitative estimate of drug-likeness (QED) is 0.382. The number of ether oxygens (including phenoxy) is 2. The van der Waals surface area contributed by atoms with Crippen LogP contribution in [0, 0.1) is 0 Å². The van der Waals surface area contributed by atoms with E-state index < -0.39 is 46.9 Å². The largest absolute Gasteiger partial charge is 0.477 e. The Labute approximate surface area is 183 Å². The SMILES string of the molecule is CC1=C(C(=O)O)N2C(=O)[C@@H](NC(=O)C(Oc3ccccc3)C(=O)OC(C)(C)C)[C@@H]2SC1. The van der Waals surface area contributed by atoms with Crippen LogP contribution in [0.15, 0.2) is 41.6 Å². The second-order valence-corrected chi connectivity index (χ2v) is 9.28. The zero-order valence-corrected chi connectivity index (χ0v) is 18.4. The molecule has 3 atom stereocenters. The number of hydrogen-bond acceptors (Lipinski definition) is 7. The molecule has 0 saturated carbocycles. The topological polar surface area (TPSA) is 122 Å². The van der Waals surface area contributed by atoms with Crippen LogP contribution in [0.25, 0.3) is 0 Å². The van der Waals surface area contributed by atoms with Crippen molar-refractivity contribution in [1.29, 1.82) is 0 Å². The molecule has 0 bridgehead atoms. The summed E-state index contributed by atoms with van der Waals surface area (Å²) in [6.45, 7) is 6.64. The Morgan fingerprint density at radius 1 is 1.23 bits per heavy atom. The number of nitrogens with zero attached hydrogens (tertiary/aromatic N) is 1. The summed E-state index contributed by atoms with van der Waals surface area (Å²) in [5.74, 6) is -2.77. The molecule has 166 valence electrons. The van der Waals surface area contributed by atoms with Crippen LogP contribution in [0.4, 0.5) is 0 Å². The van der Waals surface area contributed by atoms with Gasteiger partial charge >= 0.3 is 11.9 Å². The highest BCUT2D eigenvalue weighted by atomic mass is 32.2. The number of aliphatic carboxylic acids is 1. The maximum absolute atomic E-state index is 12.9. The Morgan fingerprint density at radius 2 is 1.87 bits per heavy atom. The highest BCUT2D eigenvalue weighted by Gasteiger charge is 2.54. The average molecular weight is 448 g/mol. The van der Waals surface area contributed by atoms with Crippen molar-refractivity contribution in [2.45, 2.75) is 50.8 Å². The summed E-state index contributed by atoms with van der Waals surface area (Å²) in [6.07, 6.45) is -1.63. The fraction of sp³-hybridized carbons (Fsp3) is 0.429. The van der Waals surface area contributed by atoms with Crippen LogP contribution in [-0.2, 0) is 23.9 Å². The highest BCUT2D eigenvalue weighted by Crippen LogP contribution is 2.40. The maximum Gasteiger partial charge on any atom is 0.357 e. The molecule has 2 heterocycles. The monoisotopic (exact) mass is 448 g/mol. The Kier molecular flexibility index (Phi) is 6.30. The number of amides is 2.